The zero-order valence-corrected chi connectivity index (χ0v) is 11.2. The van der Waals surface area contributed by atoms with E-state index in [1.165, 1.54) is 6.07 Å². The largest absolute Gasteiger partial charge is 0.432 e. The number of nitrogens with one attached hydrogen (secondary N) is 1. The second kappa shape index (κ2) is 6.95. The Labute approximate surface area is 124 Å². The molecule has 0 aliphatic rings. The van der Waals surface area contributed by atoms with Crippen molar-refractivity contribution in [3.8, 4) is 5.75 Å². The Balaban J connectivity index is 2.07. The van der Waals surface area contributed by atoms with Gasteiger partial charge in [0.25, 0.3) is 5.91 Å². The van der Waals surface area contributed by atoms with Crippen LogP contribution in [-0.2, 0) is 4.79 Å². The van der Waals surface area contributed by atoms with E-state index < -0.39 is 30.2 Å². The van der Waals surface area contributed by atoms with Crippen LogP contribution in [0.15, 0.2) is 48.5 Å². The maximum absolute atomic E-state index is 13.5. The van der Waals surface area contributed by atoms with Crippen molar-refractivity contribution in [2.24, 2.45) is 0 Å². The number of ether oxygens (including phenoxy) is 1. The third kappa shape index (κ3) is 3.98. The summed E-state index contributed by atoms with van der Waals surface area (Å²) >= 11 is 0. The van der Waals surface area contributed by atoms with Gasteiger partial charge < -0.3 is 15.2 Å². The van der Waals surface area contributed by atoms with Crippen LogP contribution in [-0.4, -0.2) is 17.6 Å². The zero-order valence-electron chi connectivity index (χ0n) is 11.2. The van der Waals surface area contributed by atoms with E-state index in [0.717, 1.165) is 12.1 Å². The highest BCUT2D eigenvalue weighted by molar-refractivity contribution is 5.94. The molecule has 1 atom stereocenters. The van der Waals surface area contributed by atoms with Gasteiger partial charge in [-0.1, -0.05) is 30.3 Å². The highest BCUT2D eigenvalue weighted by atomic mass is 19.3. The monoisotopic (exact) mass is 311 g/mol. The number of benzene rings is 2. The Hall–Kier alpha value is -2.54. The molecular weight excluding hydrogens is 299 g/mol. The summed E-state index contributed by atoms with van der Waals surface area (Å²) in [6.07, 6.45) is -1.43. The second-order valence-corrected chi connectivity index (χ2v) is 4.33. The Morgan fingerprint density at radius 3 is 2.41 bits per heavy atom. The van der Waals surface area contributed by atoms with E-state index in [2.05, 4.69) is 10.1 Å². The van der Waals surface area contributed by atoms with Gasteiger partial charge in [0.1, 0.15) is 0 Å². The average Bonchev–Trinajstić information content (AvgIpc) is 2.49. The number of halogens is 3. The maximum Gasteiger partial charge on any atom is 0.387 e. The van der Waals surface area contributed by atoms with Crippen molar-refractivity contribution in [2.75, 3.05) is 5.32 Å². The minimum Gasteiger partial charge on any atom is -0.432 e. The van der Waals surface area contributed by atoms with Gasteiger partial charge in [-0.15, -0.1) is 0 Å². The van der Waals surface area contributed by atoms with Crippen LogP contribution in [0.3, 0.4) is 0 Å². The lowest BCUT2D eigenvalue weighted by molar-refractivity contribution is -0.124. The molecule has 2 aromatic rings. The van der Waals surface area contributed by atoms with Gasteiger partial charge in [-0.25, -0.2) is 4.39 Å². The fourth-order valence-corrected chi connectivity index (χ4v) is 1.77. The number of anilines is 1. The number of hydrogen-bond donors (Lipinski definition) is 2. The SMILES string of the molecule is O=C(Nc1ccc(OC(F)F)c(F)c1)C(O)c1ccccc1. The van der Waals surface area contributed by atoms with Crippen LogP contribution < -0.4 is 10.1 Å². The molecule has 0 saturated carbocycles. The number of amides is 1. The fourth-order valence-electron chi connectivity index (χ4n) is 1.77. The molecule has 22 heavy (non-hydrogen) atoms. The summed E-state index contributed by atoms with van der Waals surface area (Å²) in [5, 5.41) is 12.2. The van der Waals surface area contributed by atoms with Crippen LogP contribution in [0.1, 0.15) is 11.7 Å². The third-order valence-corrected chi connectivity index (χ3v) is 2.78. The number of alkyl halides is 2. The van der Waals surface area contributed by atoms with Crippen molar-refractivity contribution in [3.63, 3.8) is 0 Å². The first-order valence-corrected chi connectivity index (χ1v) is 6.25. The van der Waals surface area contributed by atoms with E-state index in [1.54, 1.807) is 30.3 Å². The van der Waals surface area contributed by atoms with Gasteiger partial charge >= 0.3 is 6.61 Å². The Morgan fingerprint density at radius 2 is 1.82 bits per heavy atom. The smallest absolute Gasteiger partial charge is 0.387 e. The molecule has 116 valence electrons. The van der Waals surface area contributed by atoms with E-state index in [-0.39, 0.29) is 5.69 Å². The van der Waals surface area contributed by atoms with Gasteiger partial charge in [-0.05, 0) is 17.7 Å². The number of aliphatic hydroxyl groups is 1. The minimum absolute atomic E-state index is 0.0131. The Bertz CT molecular complexity index is 650. The van der Waals surface area contributed by atoms with E-state index in [0.29, 0.717) is 5.56 Å². The summed E-state index contributed by atoms with van der Waals surface area (Å²) in [5.41, 5.74) is 0.386. The van der Waals surface area contributed by atoms with Crippen LogP contribution in [0.2, 0.25) is 0 Å². The predicted octanol–water partition coefficient (Wildman–Crippen LogP) is 3.10. The van der Waals surface area contributed by atoms with E-state index in [4.69, 9.17) is 0 Å². The lowest BCUT2D eigenvalue weighted by Gasteiger charge is -2.12. The molecule has 0 aromatic heterocycles. The fraction of sp³-hybridized carbons (Fsp3) is 0.133. The molecule has 2 aromatic carbocycles. The number of carbonyl (C=O) groups excluding carboxylic acids is 1. The van der Waals surface area contributed by atoms with Crippen LogP contribution in [0.4, 0.5) is 18.9 Å². The molecular formula is C15H12F3NO3. The minimum atomic E-state index is -3.14. The van der Waals surface area contributed by atoms with E-state index in [9.17, 15) is 23.1 Å². The maximum atomic E-state index is 13.5. The molecule has 0 radical (unpaired) electrons. The second-order valence-electron chi connectivity index (χ2n) is 4.33. The number of aliphatic hydroxyl groups excluding tert-OH is 1. The van der Waals surface area contributed by atoms with Gasteiger partial charge in [0.05, 0.1) is 0 Å². The molecule has 0 saturated heterocycles. The molecule has 0 spiro atoms. The Kier molecular flexibility index (Phi) is 5.00. The van der Waals surface area contributed by atoms with Crippen molar-refractivity contribution in [1.82, 2.24) is 0 Å². The summed E-state index contributed by atoms with van der Waals surface area (Å²) < 4.78 is 41.5. The molecule has 0 heterocycles. The molecule has 4 nitrogen and oxygen atoms in total. The molecule has 0 aliphatic carbocycles. The lowest BCUT2D eigenvalue weighted by atomic mass is 10.1. The molecule has 1 unspecified atom stereocenters. The molecule has 2 rings (SSSR count). The van der Waals surface area contributed by atoms with Gasteiger partial charge in [-0.2, -0.15) is 8.78 Å². The topological polar surface area (TPSA) is 58.6 Å². The highest BCUT2D eigenvalue weighted by Crippen LogP contribution is 2.23. The highest BCUT2D eigenvalue weighted by Gasteiger charge is 2.18. The molecule has 2 N–H and O–H groups in total. The first-order chi connectivity index (χ1) is 10.5. The number of hydrogen-bond acceptors (Lipinski definition) is 3. The van der Waals surface area contributed by atoms with Crippen molar-refractivity contribution >= 4 is 11.6 Å². The quantitative estimate of drug-likeness (QED) is 0.892. The number of rotatable bonds is 5. The van der Waals surface area contributed by atoms with Gasteiger partial charge in [0, 0.05) is 11.8 Å². The number of carbonyl (C=O) groups is 1. The lowest BCUT2D eigenvalue weighted by Crippen LogP contribution is -2.20. The normalized spacial score (nSPS) is 12.0. The van der Waals surface area contributed by atoms with E-state index in [1.807, 2.05) is 0 Å². The van der Waals surface area contributed by atoms with Crippen LogP contribution in [0.5, 0.6) is 5.75 Å². The first-order valence-electron chi connectivity index (χ1n) is 6.25. The van der Waals surface area contributed by atoms with Gasteiger partial charge in [0.15, 0.2) is 17.7 Å². The Morgan fingerprint density at radius 1 is 1.14 bits per heavy atom. The first kappa shape index (κ1) is 15.8. The van der Waals surface area contributed by atoms with Crippen molar-refractivity contribution in [2.45, 2.75) is 12.7 Å². The van der Waals surface area contributed by atoms with Gasteiger partial charge in [0.2, 0.25) is 0 Å². The van der Waals surface area contributed by atoms with Crippen LogP contribution >= 0.6 is 0 Å². The van der Waals surface area contributed by atoms with Gasteiger partial charge in [-0.3, -0.25) is 4.79 Å². The molecule has 0 bridgehead atoms. The summed E-state index contributed by atoms with van der Waals surface area (Å²) in [4.78, 5) is 11.9. The molecule has 0 aliphatic heterocycles. The van der Waals surface area contributed by atoms with Crippen molar-refractivity contribution < 1.29 is 27.8 Å². The zero-order chi connectivity index (χ0) is 16.1. The summed E-state index contributed by atoms with van der Waals surface area (Å²) in [6, 6.07) is 11.1. The van der Waals surface area contributed by atoms with Crippen molar-refractivity contribution in [3.05, 3.63) is 59.9 Å². The van der Waals surface area contributed by atoms with Crippen LogP contribution in [0, 0.1) is 5.82 Å². The predicted molar refractivity (Wildman–Crippen MR) is 73.1 cm³/mol. The molecule has 0 fully saturated rings. The molecule has 7 heteroatoms. The summed E-state index contributed by atoms with van der Waals surface area (Å²) in [5.74, 6) is -2.45. The summed E-state index contributed by atoms with van der Waals surface area (Å²) in [6.45, 7) is -3.14. The molecule has 1 amide bonds. The standard InChI is InChI=1S/C15H12F3NO3/c16-11-8-10(6-7-12(11)22-15(17)18)19-14(21)13(20)9-4-2-1-3-5-9/h1-8,13,15,20H,(H,19,21). The summed E-state index contributed by atoms with van der Waals surface area (Å²) in [7, 11) is 0. The third-order valence-electron chi connectivity index (χ3n) is 2.78. The van der Waals surface area contributed by atoms with Crippen LogP contribution in [0.25, 0.3) is 0 Å². The van der Waals surface area contributed by atoms with Crippen molar-refractivity contribution in [1.29, 1.82) is 0 Å². The van der Waals surface area contributed by atoms with E-state index >= 15 is 0 Å². The average molecular weight is 311 g/mol.